The van der Waals surface area contributed by atoms with Crippen LogP contribution in [-0.2, 0) is 6.54 Å². The number of rotatable bonds is 5. The van der Waals surface area contributed by atoms with E-state index >= 15 is 0 Å². The molecule has 4 rings (SSSR count). The first-order valence-corrected chi connectivity index (χ1v) is 10.5. The number of aryl methyl sites for hydroxylation is 1. The van der Waals surface area contributed by atoms with Crippen molar-refractivity contribution in [3.8, 4) is 0 Å². The van der Waals surface area contributed by atoms with Crippen molar-refractivity contribution >= 4 is 44.4 Å². The predicted molar refractivity (Wildman–Crippen MR) is 112 cm³/mol. The lowest BCUT2D eigenvalue weighted by atomic mass is 10.2. The summed E-state index contributed by atoms with van der Waals surface area (Å²) >= 11 is 3.17. The lowest BCUT2D eigenvalue weighted by molar-refractivity contribution is 0.0983. The van der Waals surface area contributed by atoms with E-state index in [0.29, 0.717) is 17.2 Å². The van der Waals surface area contributed by atoms with Gasteiger partial charge in [-0.05, 0) is 61.2 Å². The van der Waals surface area contributed by atoms with Crippen molar-refractivity contribution in [1.82, 2.24) is 4.98 Å². The highest BCUT2D eigenvalue weighted by Crippen LogP contribution is 2.32. The third-order valence-electron chi connectivity index (χ3n) is 4.32. The monoisotopic (exact) mass is 394 g/mol. The van der Waals surface area contributed by atoms with Gasteiger partial charge in [-0.3, -0.25) is 9.69 Å². The number of carbonyl (C=O) groups excluding carboxylic acids is 1. The molecule has 0 atom stereocenters. The van der Waals surface area contributed by atoms with Gasteiger partial charge in [-0.15, -0.1) is 11.8 Å². The predicted octanol–water partition coefficient (Wildman–Crippen LogP) is 5.77. The van der Waals surface area contributed by atoms with Crippen LogP contribution in [0, 0.1) is 6.92 Å². The highest BCUT2D eigenvalue weighted by molar-refractivity contribution is 7.98. The van der Waals surface area contributed by atoms with Crippen molar-refractivity contribution in [3.63, 3.8) is 0 Å². The largest absolute Gasteiger partial charge is 0.467 e. The Morgan fingerprint density at radius 1 is 1.15 bits per heavy atom. The number of benzene rings is 2. The summed E-state index contributed by atoms with van der Waals surface area (Å²) in [7, 11) is 0. The molecule has 2 aromatic carbocycles. The molecule has 0 radical (unpaired) electrons. The van der Waals surface area contributed by atoms with E-state index in [0.717, 1.165) is 26.4 Å². The molecule has 0 saturated carbocycles. The Hall–Kier alpha value is -2.57. The highest BCUT2D eigenvalue weighted by Gasteiger charge is 2.23. The van der Waals surface area contributed by atoms with Crippen molar-refractivity contribution in [1.29, 1.82) is 0 Å². The molecule has 0 spiro atoms. The zero-order valence-electron chi connectivity index (χ0n) is 15.0. The minimum atomic E-state index is -0.0873. The number of hydrogen-bond donors (Lipinski definition) is 0. The SMILES string of the molecule is CSc1ccc(C(=O)N(Cc2ccco2)c2nc3c(C)cccc3s2)cc1. The quantitative estimate of drug-likeness (QED) is 0.403. The number of carbonyl (C=O) groups is 1. The van der Waals surface area contributed by atoms with Crippen molar-refractivity contribution in [2.75, 3.05) is 11.2 Å². The lowest BCUT2D eigenvalue weighted by Crippen LogP contribution is -2.30. The molecule has 0 aliphatic carbocycles. The Bertz CT molecular complexity index is 1070. The average Bonchev–Trinajstić information content (AvgIpc) is 3.36. The molecule has 0 unspecified atom stereocenters. The van der Waals surface area contributed by atoms with Gasteiger partial charge in [0.1, 0.15) is 5.76 Å². The Morgan fingerprint density at radius 3 is 2.63 bits per heavy atom. The maximum atomic E-state index is 13.3. The molecule has 2 aromatic heterocycles. The Balaban J connectivity index is 1.75. The fourth-order valence-corrected chi connectivity index (χ4v) is 4.31. The van der Waals surface area contributed by atoms with Crippen LogP contribution in [0.3, 0.4) is 0 Å². The number of amides is 1. The lowest BCUT2D eigenvalue weighted by Gasteiger charge is -2.19. The summed E-state index contributed by atoms with van der Waals surface area (Å²) in [5.74, 6) is 0.635. The Morgan fingerprint density at radius 2 is 1.96 bits per heavy atom. The number of aromatic nitrogens is 1. The smallest absolute Gasteiger partial charge is 0.260 e. The molecule has 6 heteroatoms. The number of hydrogen-bond acceptors (Lipinski definition) is 5. The third kappa shape index (κ3) is 3.63. The second kappa shape index (κ2) is 7.58. The molecule has 136 valence electrons. The molecular formula is C21H18N2O2S2. The van der Waals surface area contributed by atoms with E-state index in [1.165, 1.54) is 11.3 Å². The van der Waals surface area contributed by atoms with Gasteiger partial charge in [0, 0.05) is 10.5 Å². The zero-order valence-corrected chi connectivity index (χ0v) is 16.6. The molecule has 4 aromatic rings. The molecule has 2 heterocycles. The zero-order chi connectivity index (χ0) is 18.8. The van der Waals surface area contributed by atoms with Gasteiger partial charge in [0.05, 0.1) is 23.0 Å². The number of furan rings is 1. The third-order valence-corrected chi connectivity index (χ3v) is 6.10. The molecule has 4 nitrogen and oxygen atoms in total. The van der Waals surface area contributed by atoms with Crippen molar-refractivity contribution in [2.24, 2.45) is 0 Å². The van der Waals surface area contributed by atoms with Crippen LogP contribution in [0.25, 0.3) is 10.2 Å². The van der Waals surface area contributed by atoms with Gasteiger partial charge in [-0.1, -0.05) is 23.5 Å². The summed E-state index contributed by atoms with van der Waals surface area (Å²) in [6.45, 7) is 2.38. The van der Waals surface area contributed by atoms with Gasteiger partial charge in [-0.25, -0.2) is 4.98 Å². The number of para-hydroxylation sites is 1. The highest BCUT2D eigenvalue weighted by atomic mass is 32.2. The maximum absolute atomic E-state index is 13.3. The molecule has 0 N–H and O–H groups in total. The van der Waals surface area contributed by atoms with E-state index in [1.807, 2.05) is 67.8 Å². The fraction of sp³-hybridized carbons (Fsp3) is 0.143. The van der Waals surface area contributed by atoms with E-state index < -0.39 is 0 Å². The summed E-state index contributed by atoms with van der Waals surface area (Å²) in [6, 6.07) is 17.4. The molecule has 27 heavy (non-hydrogen) atoms. The van der Waals surface area contributed by atoms with E-state index in [4.69, 9.17) is 9.40 Å². The maximum Gasteiger partial charge on any atom is 0.260 e. The number of fused-ring (bicyclic) bond motifs is 1. The Kier molecular flexibility index (Phi) is 5.01. The van der Waals surface area contributed by atoms with E-state index in [2.05, 4.69) is 0 Å². The number of thioether (sulfide) groups is 1. The van der Waals surface area contributed by atoms with Gasteiger partial charge < -0.3 is 4.42 Å². The topological polar surface area (TPSA) is 46.3 Å². The molecule has 0 aliphatic rings. The van der Waals surface area contributed by atoms with Gasteiger partial charge in [0.15, 0.2) is 5.13 Å². The van der Waals surface area contributed by atoms with E-state index in [1.54, 1.807) is 22.9 Å². The summed E-state index contributed by atoms with van der Waals surface area (Å²) in [6.07, 6.45) is 3.64. The molecule has 0 fully saturated rings. The minimum absolute atomic E-state index is 0.0873. The second-order valence-electron chi connectivity index (χ2n) is 6.12. The first-order chi connectivity index (χ1) is 13.2. The molecule has 0 bridgehead atoms. The normalized spacial score (nSPS) is 11.0. The van der Waals surface area contributed by atoms with Crippen LogP contribution in [0.15, 0.2) is 70.2 Å². The van der Waals surface area contributed by atoms with E-state index in [9.17, 15) is 4.79 Å². The first-order valence-electron chi connectivity index (χ1n) is 8.50. The Labute approximate surface area is 165 Å². The molecule has 1 amide bonds. The standard InChI is InChI=1S/C21H18N2O2S2/c1-14-5-3-7-18-19(14)22-21(27-18)23(13-16-6-4-12-25-16)20(24)15-8-10-17(26-2)11-9-15/h3-12H,13H2,1-2H3. The van der Waals surface area contributed by atoms with Crippen LogP contribution in [0.4, 0.5) is 5.13 Å². The van der Waals surface area contributed by atoms with Gasteiger partial charge >= 0.3 is 0 Å². The summed E-state index contributed by atoms with van der Waals surface area (Å²) in [5, 5.41) is 0.676. The fourth-order valence-electron chi connectivity index (χ4n) is 2.86. The first kappa shape index (κ1) is 17.8. The van der Waals surface area contributed by atoms with Crippen LogP contribution < -0.4 is 4.90 Å². The molecular weight excluding hydrogens is 376 g/mol. The minimum Gasteiger partial charge on any atom is -0.467 e. The van der Waals surface area contributed by atoms with Crippen LogP contribution in [0.1, 0.15) is 21.7 Å². The van der Waals surface area contributed by atoms with Gasteiger partial charge in [-0.2, -0.15) is 0 Å². The van der Waals surface area contributed by atoms with Gasteiger partial charge in [0.25, 0.3) is 5.91 Å². The number of anilines is 1. The van der Waals surface area contributed by atoms with Crippen LogP contribution in [0.5, 0.6) is 0 Å². The second-order valence-corrected chi connectivity index (χ2v) is 8.01. The summed E-state index contributed by atoms with van der Waals surface area (Å²) < 4.78 is 6.55. The van der Waals surface area contributed by atoms with E-state index in [-0.39, 0.29) is 5.91 Å². The van der Waals surface area contributed by atoms with Gasteiger partial charge in [0.2, 0.25) is 0 Å². The molecule has 0 saturated heterocycles. The number of nitrogens with zero attached hydrogens (tertiary/aromatic N) is 2. The summed E-state index contributed by atoms with van der Waals surface area (Å²) in [5.41, 5.74) is 2.67. The van der Waals surface area contributed by atoms with Crippen LogP contribution in [-0.4, -0.2) is 17.1 Å². The van der Waals surface area contributed by atoms with Crippen molar-refractivity contribution in [3.05, 3.63) is 77.7 Å². The van der Waals surface area contributed by atoms with Crippen LogP contribution in [0.2, 0.25) is 0 Å². The molecule has 0 aliphatic heterocycles. The summed E-state index contributed by atoms with van der Waals surface area (Å²) in [4.78, 5) is 20.8. The van der Waals surface area contributed by atoms with Crippen LogP contribution >= 0.6 is 23.1 Å². The van der Waals surface area contributed by atoms with Crippen molar-refractivity contribution < 1.29 is 9.21 Å². The average molecular weight is 395 g/mol. The number of thiazole rings is 1. The van der Waals surface area contributed by atoms with Crippen molar-refractivity contribution in [2.45, 2.75) is 18.4 Å².